The molecule has 0 unspecified atom stereocenters. The zero-order valence-electron chi connectivity index (χ0n) is 14.2. The molecule has 2 aromatic rings. The molecule has 0 bridgehead atoms. The van der Waals surface area contributed by atoms with Gasteiger partial charge in [0.2, 0.25) is 5.56 Å². The Labute approximate surface area is 145 Å². The SMILES string of the molecule is C[C@H]1CCCC[C@@H]1NC(=O)COC(=O)c1cc(=O)[nH]c2ccccc12. The normalized spacial score (nSPS) is 20.2. The topological polar surface area (TPSA) is 88.3 Å². The van der Waals surface area contributed by atoms with Gasteiger partial charge in [-0.15, -0.1) is 0 Å². The number of carbonyl (C=O) groups is 2. The minimum atomic E-state index is -0.672. The molecule has 0 saturated heterocycles. The lowest BCUT2D eigenvalue weighted by molar-refractivity contribution is -0.125. The fraction of sp³-hybridized carbons (Fsp3) is 0.421. The van der Waals surface area contributed by atoms with Gasteiger partial charge in [-0.05, 0) is 24.8 Å². The molecule has 1 aliphatic carbocycles. The lowest BCUT2D eigenvalue weighted by Crippen LogP contribution is -2.42. The Morgan fingerprint density at radius 3 is 2.80 bits per heavy atom. The summed E-state index contributed by atoms with van der Waals surface area (Å²) in [5, 5.41) is 3.53. The third-order valence-electron chi connectivity index (χ3n) is 4.76. The van der Waals surface area contributed by atoms with E-state index in [0.29, 0.717) is 16.8 Å². The smallest absolute Gasteiger partial charge is 0.339 e. The van der Waals surface area contributed by atoms with Crippen molar-refractivity contribution in [2.45, 2.75) is 38.6 Å². The van der Waals surface area contributed by atoms with Crippen molar-refractivity contribution in [1.82, 2.24) is 10.3 Å². The maximum absolute atomic E-state index is 12.3. The summed E-state index contributed by atoms with van der Waals surface area (Å²) in [4.78, 5) is 38.8. The van der Waals surface area contributed by atoms with E-state index in [1.54, 1.807) is 24.3 Å². The van der Waals surface area contributed by atoms with Crippen LogP contribution in [0.25, 0.3) is 10.9 Å². The minimum absolute atomic E-state index is 0.139. The maximum atomic E-state index is 12.3. The van der Waals surface area contributed by atoms with Gasteiger partial charge in [-0.1, -0.05) is 38.0 Å². The van der Waals surface area contributed by atoms with Crippen molar-refractivity contribution in [2.75, 3.05) is 6.61 Å². The molecule has 1 saturated carbocycles. The summed E-state index contributed by atoms with van der Waals surface area (Å²) in [5.41, 5.74) is 0.340. The summed E-state index contributed by atoms with van der Waals surface area (Å²) in [7, 11) is 0. The van der Waals surface area contributed by atoms with Crippen molar-refractivity contribution in [3.8, 4) is 0 Å². The van der Waals surface area contributed by atoms with Gasteiger partial charge >= 0.3 is 5.97 Å². The molecule has 0 radical (unpaired) electrons. The van der Waals surface area contributed by atoms with Crippen LogP contribution < -0.4 is 10.9 Å². The molecule has 25 heavy (non-hydrogen) atoms. The van der Waals surface area contributed by atoms with Crippen molar-refractivity contribution in [2.24, 2.45) is 5.92 Å². The highest BCUT2D eigenvalue weighted by Gasteiger charge is 2.23. The van der Waals surface area contributed by atoms with Crippen LogP contribution in [0, 0.1) is 5.92 Å². The van der Waals surface area contributed by atoms with Gasteiger partial charge in [0.1, 0.15) is 0 Å². The number of fused-ring (bicyclic) bond motifs is 1. The number of rotatable bonds is 4. The molecule has 0 aliphatic heterocycles. The average Bonchev–Trinajstić information content (AvgIpc) is 2.61. The molecule has 2 atom stereocenters. The first-order chi connectivity index (χ1) is 12.0. The third kappa shape index (κ3) is 4.07. The molecule has 0 spiro atoms. The molecule has 132 valence electrons. The molecule has 1 aromatic heterocycles. The van der Waals surface area contributed by atoms with E-state index >= 15 is 0 Å². The number of H-pyrrole nitrogens is 1. The first kappa shape index (κ1) is 17.2. The molecule has 3 rings (SSSR count). The number of amides is 1. The van der Waals surface area contributed by atoms with E-state index in [4.69, 9.17) is 4.74 Å². The highest BCUT2D eigenvalue weighted by molar-refractivity contribution is 6.03. The lowest BCUT2D eigenvalue weighted by Gasteiger charge is -2.29. The maximum Gasteiger partial charge on any atom is 0.339 e. The van der Waals surface area contributed by atoms with Crippen LogP contribution in [0.5, 0.6) is 0 Å². The Morgan fingerprint density at radius 2 is 2.00 bits per heavy atom. The minimum Gasteiger partial charge on any atom is -0.452 e. The second kappa shape index (κ2) is 7.51. The number of esters is 1. The number of ether oxygens (including phenoxy) is 1. The van der Waals surface area contributed by atoms with Crippen molar-refractivity contribution >= 4 is 22.8 Å². The Kier molecular flexibility index (Phi) is 5.16. The summed E-state index contributed by atoms with van der Waals surface area (Å²) in [6.45, 7) is 1.78. The standard InChI is InChI=1S/C19H22N2O4/c1-12-6-2-4-8-15(12)20-18(23)11-25-19(24)14-10-17(22)21-16-9-5-3-7-13(14)16/h3,5,7,9-10,12,15H,2,4,6,8,11H2,1H3,(H,20,23)(H,21,22)/t12-,15-/m0/s1. The second-order valence-electron chi connectivity index (χ2n) is 6.60. The number of aromatic amines is 1. The molecule has 2 N–H and O–H groups in total. The zero-order valence-corrected chi connectivity index (χ0v) is 14.2. The van der Waals surface area contributed by atoms with E-state index in [1.165, 1.54) is 12.5 Å². The summed E-state index contributed by atoms with van der Waals surface area (Å²) in [5.74, 6) is -0.541. The van der Waals surface area contributed by atoms with E-state index in [9.17, 15) is 14.4 Å². The largest absolute Gasteiger partial charge is 0.452 e. The Bertz CT molecular complexity index is 843. The van der Waals surface area contributed by atoms with Crippen molar-refractivity contribution in [3.05, 3.63) is 46.2 Å². The predicted molar refractivity (Wildman–Crippen MR) is 94.4 cm³/mol. The van der Waals surface area contributed by atoms with Gasteiger partial charge in [-0.3, -0.25) is 9.59 Å². The molecule has 1 heterocycles. The first-order valence-corrected chi connectivity index (χ1v) is 8.63. The van der Waals surface area contributed by atoms with Crippen LogP contribution in [0.4, 0.5) is 0 Å². The van der Waals surface area contributed by atoms with E-state index < -0.39 is 5.97 Å². The number of hydrogen-bond acceptors (Lipinski definition) is 4. The van der Waals surface area contributed by atoms with Crippen LogP contribution in [0.15, 0.2) is 35.1 Å². The molecule has 1 fully saturated rings. The quantitative estimate of drug-likeness (QED) is 0.835. The second-order valence-corrected chi connectivity index (χ2v) is 6.60. The highest BCUT2D eigenvalue weighted by atomic mass is 16.5. The van der Waals surface area contributed by atoms with E-state index in [2.05, 4.69) is 17.2 Å². The highest BCUT2D eigenvalue weighted by Crippen LogP contribution is 2.23. The lowest BCUT2D eigenvalue weighted by atomic mass is 9.86. The molecule has 6 nitrogen and oxygen atoms in total. The predicted octanol–water partition coefficient (Wildman–Crippen LogP) is 2.38. The van der Waals surface area contributed by atoms with Gasteiger partial charge in [0, 0.05) is 23.0 Å². The first-order valence-electron chi connectivity index (χ1n) is 8.63. The summed E-state index contributed by atoms with van der Waals surface area (Å²) in [6.07, 6.45) is 4.36. The van der Waals surface area contributed by atoms with Crippen LogP contribution in [-0.4, -0.2) is 29.5 Å². The summed E-state index contributed by atoms with van der Waals surface area (Å²) >= 11 is 0. The number of benzene rings is 1. The summed E-state index contributed by atoms with van der Waals surface area (Å²) < 4.78 is 5.13. The Hall–Kier alpha value is -2.63. The molecule has 1 amide bonds. The van der Waals surface area contributed by atoms with Crippen LogP contribution in [0.2, 0.25) is 0 Å². The van der Waals surface area contributed by atoms with Crippen LogP contribution in [0.1, 0.15) is 43.0 Å². The monoisotopic (exact) mass is 342 g/mol. The van der Waals surface area contributed by atoms with Gasteiger partial charge in [0.05, 0.1) is 5.56 Å². The molecular weight excluding hydrogens is 320 g/mol. The van der Waals surface area contributed by atoms with E-state index in [-0.39, 0.29) is 29.7 Å². The Balaban J connectivity index is 1.65. The van der Waals surface area contributed by atoms with Crippen LogP contribution >= 0.6 is 0 Å². The van der Waals surface area contributed by atoms with Crippen molar-refractivity contribution < 1.29 is 14.3 Å². The number of carbonyl (C=O) groups excluding carboxylic acids is 2. The summed E-state index contributed by atoms with van der Waals surface area (Å²) in [6, 6.07) is 8.32. The average molecular weight is 342 g/mol. The van der Waals surface area contributed by atoms with Gasteiger partial charge in [-0.25, -0.2) is 4.79 Å². The fourth-order valence-corrected chi connectivity index (χ4v) is 3.36. The van der Waals surface area contributed by atoms with Gasteiger partial charge in [-0.2, -0.15) is 0 Å². The molecule has 1 aromatic carbocycles. The number of pyridine rings is 1. The van der Waals surface area contributed by atoms with Crippen LogP contribution in [0.3, 0.4) is 0 Å². The van der Waals surface area contributed by atoms with Crippen molar-refractivity contribution in [3.63, 3.8) is 0 Å². The molecular formula is C19H22N2O4. The number of hydrogen-bond donors (Lipinski definition) is 2. The van der Waals surface area contributed by atoms with Gasteiger partial charge < -0.3 is 15.0 Å². The molecule has 6 heteroatoms. The molecule has 1 aliphatic rings. The number of nitrogens with one attached hydrogen (secondary N) is 2. The zero-order chi connectivity index (χ0) is 17.8. The number of para-hydroxylation sites is 1. The van der Waals surface area contributed by atoms with E-state index in [0.717, 1.165) is 19.3 Å². The third-order valence-corrected chi connectivity index (χ3v) is 4.76. The fourth-order valence-electron chi connectivity index (χ4n) is 3.36. The van der Waals surface area contributed by atoms with Gasteiger partial charge in [0.25, 0.3) is 5.91 Å². The van der Waals surface area contributed by atoms with Gasteiger partial charge in [0.15, 0.2) is 6.61 Å². The van der Waals surface area contributed by atoms with Crippen molar-refractivity contribution in [1.29, 1.82) is 0 Å². The van der Waals surface area contributed by atoms with Crippen LogP contribution in [-0.2, 0) is 9.53 Å². The van der Waals surface area contributed by atoms with E-state index in [1.807, 2.05) is 0 Å². The number of aromatic nitrogens is 1. The Morgan fingerprint density at radius 1 is 1.24 bits per heavy atom.